The molecular weight excluding hydrogens is 620 g/mol. The molecule has 0 spiro atoms. The maximum atomic E-state index is 13.8. The van der Waals surface area contributed by atoms with Gasteiger partial charge in [0.25, 0.3) is 0 Å². The molecule has 5 heteroatoms. The maximum absolute atomic E-state index is 13.8. The summed E-state index contributed by atoms with van der Waals surface area (Å²) >= 11 is 0. The fourth-order valence-corrected chi connectivity index (χ4v) is 13.1. The summed E-state index contributed by atoms with van der Waals surface area (Å²) < 4.78 is 6.06. The van der Waals surface area contributed by atoms with Crippen LogP contribution in [0.2, 0.25) is 0 Å². The summed E-state index contributed by atoms with van der Waals surface area (Å²) in [6.45, 7) is 18.9. The number of fused-ring (bicyclic) bond motifs is 7. The number of esters is 1. The van der Waals surface area contributed by atoms with Crippen LogP contribution in [-0.4, -0.2) is 46.2 Å². The van der Waals surface area contributed by atoms with E-state index in [0.29, 0.717) is 12.5 Å². The molecule has 0 aliphatic heterocycles. The molecule has 11 atom stereocenters. The first-order chi connectivity index (χ1) is 23.5. The fourth-order valence-electron chi connectivity index (χ4n) is 13.1. The van der Waals surface area contributed by atoms with Crippen molar-refractivity contribution in [2.24, 2.45) is 50.2 Å². The van der Waals surface area contributed by atoms with Crippen LogP contribution in [0.3, 0.4) is 0 Å². The van der Waals surface area contributed by atoms with Crippen LogP contribution in [0, 0.1) is 50.2 Å². The highest BCUT2D eigenvalue weighted by molar-refractivity contribution is 5.76. The van der Waals surface area contributed by atoms with E-state index in [1.165, 1.54) is 70.6 Å². The van der Waals surface area contributed by atoms with E-state index in [-0.39, 0.29) is 34.1 Å². The Balaban J connectivity index is 1.18. The number of aliphatic hydroxyl groups excluding tert-OH is 3. The van der Waals surface area contributed by atoms with Crippen molar-refractivity contribution >= 4 is 5.97 Å². The van der Waals surface area contributed by atoms with Gasteiger partial charge in [-0.1, -0.05) is 137 Å². The number of hydrogen-bond donors (Lipinski definition) is 3. The smallest absolute Gasteiger partial charge is 0.311 e. The normalized spacial score (nSPS) is 43.5. The van der Waals surface area contributed by atoms with Crippen LogP contribution in [0.4, 0.5) is 0 Å². The Morgan fingerprint density at radius 2 is 1.28 bits per heavy atom. The number of ether oxygens (including phenoxy) is 1. The van der Waals surface area contributed by atoms with Crippen molar-refractivity contribution in [2.45, 2.75) is 209 Å². The molecule has 5 aliphatic carbocycles. The summed E-state index contributed by atoms with van der Waals surface area (Å²) in [6, 6.07) is 0. The molecule has 0 saturated heterocycles. The van der Waals surface area contributed by atoms with Crippen molar-refractivity contribution in [3.8, 4) is 0 Å². The first-order valence-electron chi connectivity index (χ1n) is 21.4. The van der Waals surface area contributed by atoms with Gasteiger partial charge in [0.2, 0.25) is 0 Å². The molecule has 0 radical (unpaired) electrons. The molecule has 4 saturated carbocycles. The molecular formula is C45H78O5. The third-order valence-electron chi connectivity index (χ3n) is 16.9. The molecule has 0 bridgehead atoms. The molecule has 288 valence electrons. The van der Waals surface area contributed by atoms with Gasteiger partial charge in [-0.2, -0.15) is 0 Å². The van der Waals surface area contributed by atoms with Crippen LogP contribution in [0.5, 0.6) is 0 Å². The number of unbranched alkanes of at least 4 members (excludes halogenated alkanes) is 12. The molecule has 5 aliphatic rings. The zero-order valence-electron chi connectivity index (χ0n) is 33.8. The van der Waals surface area contributed by atoms with Crippen molar-refractivity contribution in [3.63, 3.8) is 0 Å². The van der Waals surface area contributed by atoms with Gasteiger partial charge in [-0.25, -0.2) is 0 Å². The van der Waals surface area contributed by atoms with Crippen LogP contribution in [-0.2, 0) is 9.53 Å². The van der Waals surface area contributed by atoms with E-state index in [2.05, 4.69) is 61.5 Å². The Morgan fingerprint density at radius 3 is 1.88 bits per heavy atom. The number of carbonyl (C=O) groups excluding carboxylic acids is 1. The van der Waals surface area contributed by atoms with Crippen molar-refractivity contribution in [1.29, 1.82) is 0 Å². The molecule has 50 heavy (non-hydrogen) atoms. The number of allylic oxidation sites excluding steroid dienone is 2. The quantitative estimate of drug-likeness (QED) is 0.0900. The highest BCUT2D eigenvalue weighted by Crippen LogP contribution is 2.75. The number of carbonyl (C=O) groups is 1. The van der Waals surface area contributed by atoms with Crippen molar-refractivity contribution in [3.05, 3.63) is 11.6 Å². The van der Waals surface area contributed by atoms with Gasteiger partial charge >= 0.3 is 5.97 Å². The van der Waals surface area contributed by atoms with Gasteiger partial charge < -0.3 is 20.1 Å². The average Bonchev–Trinajstić information content (AvgIpc) is 3.07. The largest absolute Gasteiger partial charge is 0.465 e. The maximum Gasteiger partial charge on any atom is 0.311 e. The minimum atomic E-state index is -1.13. The molecule has 0 aromatic heterocycles. The Bertz CT molecular complexity index is 1190. The number of aliphatic hydroxyl groups is 3. The second kappa shape index (κ2) is 15.4. The summed E-state index contributed by atoms with van der Waals surface area (Å²) in [6.07, 6.45) is 24.6. The van der Waals surface area contributed by atoms with E-state index >= 15 is 0 Å². The van der Waals surface area contributed by atoms with Gasteiger partial charge in [0.05, 0.1) is 24.2 Å². The van der Waals surface area contributed by atoms with Gasteiger partial charge in [0.15, 0.2) is 0 Å². The van der Waals surface area contributed by atoms with Gasteiger partial charge in [-0.05, 0) is 104 Å². The molecule has 0 aromatic rings. The van der Waals surface area contributed by atoms with Crippen LogP contribution in [0.1, 0.15) is 190 Å². The average molecular weight is 699 g/mol. The van der Waals surface area contributed by atoms with Crippen LogP contribution < -0.4 is 0 Å². The van der Waals surface area contributed by atoms with E-state index < -0.39 is 34.6 Å². The summed E-state index contributed by atoms with van der Waals surface area (Å²) in [7, 11) is 0. The van der Waals surface area contributed by atoms with E-state index in [4.69, 9.17) is 4.74 Å². The van der Waals surface area contributed by atoms with Crippen LogP contribution in [0.25, 0.3) is 0 Å². The van der Waals surface area contributed by atoms with E-state index in [0.717, 1.165) is 64.2 Å². The fraction of sp³-hybridized carbons (Fsp3) is 0.933. The predicted molar refractivity (Wildman–Crippen MR) is 204 cm³/mol. The molecule has 5 rings (SSSR count). The van der Waals surface area contributed by atoms with Crippen molar-refractivity contribution in [1.82, 2.24) is 0 Å². The van der Waals surface area contributed by atoms with E-state index in [1.54, 1.807) is 5.57 Å². The molecule has 0 amide bonds. The third-order valence-corrected chi connectivity index (χ3v) is 16.9. The molecule has 0 aromatic carbocycles. The highest BCUT2D eigenvalue weighted by Gasteiger charge is 2.71. The summed E-state index contributed by atoms with van der Waals surface area (Å²) in [5, 5.41) is 34.0. The molecule has 3 N–H and O–H groups in total. The monoisotopic (exact) mass is 699 g/mol. The summed E-state index contributed by atoms with van der Waals surface area (Å²) in [5.74, 6) is 0.715. The van der Waals surface area contributed by atoms with Crippen LogP contribution in [0.15, 0.2) is 11.6 Å². The first-order valence-corrected chi connectivity index (χ1v) is 21.4. The standard InChI is InChI=1S/C45H78O5/c1-9-10-11-12-13-14-15-16-17-18-19-20-21-30-50-39(49)42(5)27-26-41(4)28-29-43(6)32(33(41)31-42)22-23-35-44(43,7)25-24-34-40(2,3)37(47)36(46)38(48)45(34,35)8/h22,33-38,46-48H,9-21,23-31H2,1-8H3/t33-,34-,35-,36+,37-,38-,41+,42-,43+,44+,45-/m0/s1. The Morgan fingerprint density at radius 1 is 0.720 bits per heavy atom. The molecule has 0 heterocycles. The zero-order valence-corrected chi connectivity index (χ0v) is 33.8. The van der Waals surface area contributed by atoms with Gasteiger partial charge in [-0.3, -0.25) is 4.79 Å². The first kappa shape index (κ1) is 40.3. The molecule has 0 unspecified atom stereocenters. The van der Waals surface area contributed by atoms with E-state index in [9.17, 15) is 20.1 Å². The summed E-state index contributed by atoms with van der Waals surface area (Å²) in [5.41, 5.74) is 0.277. The second-order valence-corrected chi connectivity index (χ2v) is 20.2. The predicted octanol–water partition coefficient (Wildman–Crippen LogP) is 10.7. The van der Waals surface area contributed by atoms with Crippen molar-refractivity contribution in [2.75, 3.05) is 6.61 Å². The minimum Gasteiger partial charge on any atom is -0.465 e. The summed E-state index contributed by atoms with van der Waals surface area (Å²) in [4.78, 5) is 13.8. The highest BCUT2D eigenvalue weighted by atomic mass is 16.5. The Labute approximate surface area is 307 Å². The lowest BCUT2D eigenvalue weighted by molar-refractivity contribution is -0.278. The van der Waals surface area contributed by atoms with Gasteiger partial charge in [0.1, 0.15) is 6.10 Å². The lowest BCUT2D eigenvalue weighted by Gasteiger charge is -2.72. The lowest BCUT2D eigenvalue weighted by Crippen LogP contribution is -2.71. The lowest BCUT2D eigenvalue weighted by atomic mass is 9.33. The van der Waals surface area contributed by atoms with Gasteiger partial charge in [0, 0.05) is 5.41 Å². The van der Waals surface area contributed by atoms with Crippen molar-refractivity contribution < 1.29 is 24.9 Å². The number of rotatable bonds is 15. The van der Waals surface area contributed by atoms with Crippen LogP contribution >= 0.6 is 0 Å². The molecule has 4 fully saturated rings. The topological polar surface area (TPSA) is 87.0 Å². The SMILES string of the molecule is CCCCCCCCCCCCCCCOC(=O)[C@@]1(C)CC[C@]2(C)CC[C@]3(C)C(=CC[C@@H]4[C@@]5(C)[C@@H](O)[C@H](O)[C@H](O)C(C)(C)[C@@H]5CC[C@]43C)[C@@H]2C1. The minimum absolute atomic E-state index is 0.0133. The Hall–Kier alpha value is -0.910. The molecule has 5 nitrogen and oxygen atoms in total. The third kappa shape index (κ3) is 6.94. The second-order valence-electron chi connectivity index (χ2n) is 20.2. The van der Waals surface area contributed by atoms with E-state index in [1.807, 2.05) is 0 Å². The number of hydrogen-bond acceptors (Lipinski definition) is 5. The Kier molecular flexibility index (Phi) is 12.4. The zero-order chi connectivity index (χ0) is 36.6. The van der Waals surface area contributed by atoms with Gasteiger partial charge in [-0.15, -0.1) is 0 Å².